The second-order valence-corrected chi connectivity index (χ2v) is 11.4. The molecule has 2 aromatic heterocycles. The van der Waals surface area contributed by atoms with E-state index < -0.39 is 0 Å². The monoisotopic (exact) mass is 628 g/mol. The fourth-order valence-corrected chi connectivity index (χ4v) is 6.09. The van der Waals surface area contributed by atoms with E-state index in [2.05, 4.69) is 58.8 Å². The molecule has 45 heavy (non-hydrogen) atoms. The number of hydrogen-bond acceptors (Lipinski definition) is 11. The van der Waals surface area contributed by atoms with Crippen molar-refractivity contribution in [3.8, 4) is 28.7 Å². The van der Waals surface area contributed by atoms with Gasteiger partial charge in [0.25, 0.3) is 0 Å². The first-order valence-electron chi connectivity index (χ1n) is 15.3. The van der Waals surface area contributed by atoms with Gasteiger partial charge >= 0.3 is 0 Å². The third kappa shape index (κ3) is 7.82. The molecule has 4 heterocycles. The fraction of sp³-hybridized carbons (Fsp3) is 0.438. The van der Waals surface area contributed by atoms with Gasteiger partial charge in [-0.3, -0.25) is 0 Å². The van der Waals surface area contributed by atoms with E-state index >= 15 is 0 Å². The smallest absolute Gasteiger partial charge is 0.227 e. The van der Waals surface area contributed by atoms with Crippen LogP contribution in [0.2, 0.25) is 0 Å². The molecule has 0 aliphatic carbocycles. The first-order valence-corrected chi connectivity index (χ1v) is 15.3. The summed E-state index contributed by atoms with van der Waals surface area (Å²) in [5, 5.41) is 24.1. The first-order chi connectivity index (χ1) is 21.6. The zero-order valence-electron chi connectivity index (χ0n) is 25.8. The summed E-state index contributed by atoms with van der Waals surface area (Å²) in [4.78, 5) is 14.3. The van der Waals surface area contributed by atoms with Crippen molar-refractivity contribution < 1.29 is 9.47 Å². The largest absolute Gasteiger partial charge is 0.494 e. The summed E-state index contributed by atoms with van der Waals surface area (Å²) in [5.74, 6) is 1.69. The van der Waals surface area contributed by atoms with Crippen LogP contribution in [-0.4, -0.2) is 80.5 Å². The Hall–Kier alpha value is -4.41. The highest BCUT2D eigenvalue weighted by Gasteiger charge is 2.26. The summed E-state index contributed by atoms with van der Waals surface area (Å²) in [6.07, 6.45) is 11.2. The van der Waals surface area contributed by atoms with Crippen molar-refractivity contribution >= 4 is 30.8 Å². The van der Waals surface area contributed by atoms with Crippen molar-refractivity contribution in [2.24, 2.45) is 0 Å². The van der Waals surface area contributed by atoms with Crippen molar-refractivity contribution in [2.75, 3.05) is 43.5 Å². The molecule has 1 atom stereocenters. The fourth-order valence-electron chi connectivity index (χ4n) is 6.09. The van der Waals surface area contributed by atoms with Crippen LogP contribution in [0.1, 0.15) is 44.6 Å². The molecule has 6 rings (SSSR count). The molecule has 2 aliphatic heterocycles. The Balaban J connectivity index is 0.00000400. The van der Waals surface area contributed by atoms with Crippen LogP contribution in [-0.2, 0) is 6.54 Å². The average Bonchev–Trinajstić information content (AvgIpc) is 3.58. The SMILES string of the molecule is COc1cc(N2CCC(N3CCCCC3)CC2)ccc1Nc1ncc(-c2ccc(C#N)c(O[C@@H](C)Cn3cnnn3)c2)cn1.S. The highest BCUT2D eigenvalue weighted by Crippen LogP contribution is 2.34. The van der Waals surface area contributed by atoms with Gasteiger partial charge in [-0.05, 0) is 86.0 Å². The number of benzene rings is 2. The third-order valence-electron chi connectivity index (χ3n) is 8.42. The van der Waals surface area contributed by atoms with Gasteiger partial charge in [-0.25, -0.2) is 14.6 Å². The minimum absolute atomic E-state index is 0. The van der Waals surface area contributed by atoms with Crippen LogP contribution in [0.4, 0.5) is 17.3 Å². The molecule has 13 heteroatoms. The normalized spacial score (nSPS) is 16.3. The van der Waals surface area contributed by atoms with E-state index in [9.17, 15) is 5.26 Å². The zero-order chi connectivity index (χ0) is 30.3. The maximum atomic E-state index is 9.60. The quantitative estimate of drug-likeness (QED) is 0.260. The van der Waals surface area contributed by atoms with E-state index in [4.69, 9.17) is 9.47 Å². The molecule has 12 nitrogen and oxygen atoms in total. The van der Waals surface area contributed by atoms with Gasteiger partial charge in [-0.1, -0.05) is 12.5 Å². The molecule has 2 saturated heterocycles. The van der Waals surface area contributed by atoms with Gasteiger partial charge in [0.05, 0.1) is 24.9 Å². The Morgan fingerprint density at radius 1 is 0.978 bits per heavy atom. The number of ether oxygens (including phenoxy) is 2. The van der Waals surface area contributed by atoms with E-state index in [1.54, 1.807) is 30.3 Å². The van der Waals surface area contributed by atoms with Gasteiger partial charge in [0.2, 0.25) is 5.95 Å². The molecule has 0 amide bonds. The molecule has 236 valence electrons. The number of anilines is 3. The van der Waals surface area contributed by atoms with Crippen molar-refractivity contribution in [2.45, 2.75) is 57.7 Å². The van der Waals surface area contributed by atoms with Crippen LogP contribution < -0.4 is 19.7 Å². The second kappa shape index (κ2) is 15.0. The van der Waals surface area contributed by atoms with Crippen LogP contribution in [0.15, 0.2) is 55.1 Å². The van der Waals surface area contributed by atoms with Crippen LogP contribution >= 0.6 is 13.5 Å². The van der Waals surface area contributed by atoms with Crippen LogP contribution in [0.3, 0.4) is 0 Å². The van der Waals surface area contributed by atoms with E-state index in [0.717, 1.165) is 35.7 Å². The lowest BCUT2D eigenvalue weighted by Gasteiger charge is -2.41. The number of nitrogens with zero attached hydrogens (tertiary/aromatic N) is 9. The number of nitrogens with one attached hydrogen (secondary N) is 1. The molecule has 4 aromatic rings. The standard InChI is InChI=1S/C32H38N10O2.H2S/c1-23(21-42-22-36-38-39-42)44-30-16-24(6-7-25(30)18-33)26-19-34-32(35-20-26)37-29-9-8-28(17-31(29)43-2)41-14-10-27(11-15-41)40-12-4-3-5-13-40;/h6-9,16-17,19-20,22-23,27H,3-5,10-15,21H2,1-2H3,(H,34,35,37);1H2/t23-;/m0./s1. The Bertz CT molecular complexity index is 1560. The second-order valence-electron chi connectivity index (χ2n) is 11.4. The number of nitriles is 1. The van der Waals surface area contributed by atoms with Gasteiger partial charge in [-0.2, -0.15) is 18.8 Å². The number of rotatable bonds is 10. The minimum Gasteiger partial charge on any atom is -0.494 e. The number of likely N-dealkylation sites (tertiary alicyclic amines) is 1. The third-order valence-corrected chi connectivity index (χ3v) is 8.42. The van der Waals surface area contributed by atoms with Crippen LogP contribution in [0, 0.1) is 11.3 Å². The molecular weight excluding hydrogens is 588 g/mol. The van der Waals surface area contributed by atoms with E-state index in [1.807, 2.05) is 25.1 Å². The highest BCUT2D eigenvalue weighted by molar-refractivity contribution is 7.59. The van der Waals surface area contributed by atoms with Crippen molar-refractivity contribution in [3.63, 3.8) is 0 Å². The van der Waals surface area contributed by atoms with E-state index in [1.165, 1.54) is 57.2 Å². The molecule has 1 N–H and O–H groups in total. The molecule has 0 radical (unpaired) electrons. The molecule has 2 aromatic carbocycles. The summed E-state index contributed by atoms with van der Waals surface area (Å²) in [6.45, 7) is 6.98. The average molecular weight is 629 g/mol. The lowest BCUT2D eigenvalue weighted by molar-refractivity contribution is 0.141. The lowest BCUT2D eigenvalue weighted by Crippen LogP contribution is -2.46. The van der Waals surface area contributed by atoms with Gasteiger partial charge < -0.3 is 24.6 Å². The van der Waals surface area contributed by atoms with Crippen LogP contribution in [0.25, 0.3) is 11.1 Å². The first kappa shape index (κ1) is 32.0. The van der Waals surface area contributed by atoms with Crippen LogP contribution in [0.5, 0.6) is 11.5 Å². The Morgan fingerprint density at radius 2 is 1.76 bits per heavy atom. The minimum atomic E-state index is -0.253. The van der Waals surface area contributed by atoms with Crippen molar-refractivity contribution in [3.05, 3.63) is 60.7 Å². The van der Waals surface area contributed by atoms with Crippen molar-refractivity contribution in [1.29, 1.82) is 5.26 Å². The molecule has 0 bridgehead atoms. The maximum absolute atomic E-state index is 9.60. The molecular formula is C32H40N10O2S. The topological polar surface area (TPSA) is 130 Å². The molecule has 0 unspecified atom stereocenters. The number of piperidine rings is 2. The van der Waals surface area contributed by atoms with Gasteiger partial charge in [0.15, 0.2) is 0 Å². The Morgan fingerprint density at radius 3 is 2.44 bits per heavy atom. The predicted molar refractivity (Wildman–Crippen MR) is 177 cm³/mol. The van der Waals surface area contributed by atoms with Crippen molar-refractivity contribution in [1.82, 2.24) is 35.1 Å². The predicted octanol–water partition coefficient (Wildman–Crippen LogP) is 4.79. The molecule has 0 spiro atoms. The summed E-state index contributed by atoms with van der Waals surface area (Å²) >= 11 is 0. The van der Waals surface area contributed by atoms with Gasteiger partial charge in [0.1, 0.15) is 30.0 Å². The summed E-state index contributed by atoms with van der Waals surface area (Å²) in [6, 6.07) is 14.6. The number of aromatic nitrogens is 6. The Kier molecular flexibility index (Phi) is 10.7. The Labute approximate surface area is 270 Å². The van der Waals surface area contributed by atoms with Gasteiger partial charge in [-0.15, -0.1) is 5.10 Å². The molecule has 0 saturated carbocycles. The number of tetrazole rings is 1. The molecule has 2 aliphatic rings. The van der Waals surface area contributed by atoms with Gasteiger partial charge in [0, 0.05) is 48.8 Å². The summed E-state index contributed by atoms with van der Waals surface area (Å²) in [5.41, 5.74) is 4.06. The number of hydrogen-bond donors (Lipinski definition) is 1. The number of methoxy groups -OCH3 is 1. The highest BCUT2D eigenvalue weighted by atomic mass is 32.1. The maximum Gasteiger partial charge on any atom is 0.227 e. The lowest BCUT2D eigenvalue weighted by atomic mass is 9.99. The zero-order valence-corrected chi connectivity index (χ0v) is 26.8. The summed E-state index contributed by atoms with van der Waals surface area (Å²) < 4.78 is 13.4. The van der Waals surface area contributed by atoms with E-state index in [0.29, 0.717) is 29.8 Å². The summed E-state index contributed by atoms with van der Waals surface area (Å²) in [7, 11) is 1.69. The molecule has 2 fully saturated rings. The van der Waals surface area contributed by atoms with E-state index in [-0.39, 0.29) is 19.6 Å².